The van der Waals surface area contributed by atoms with E-state index in [1.807, 2.05) is 6.07 Å². The summed E-state index contributed by atoms with van der Waals surface area (Å²) < 4.78 is 7.88. The third kappa shape index (κ3) is 5.05. The van der Waals surface area contributed by atoms with E-state index in [-0.39, 0.29) is 12.5 Å². The number of rotatable bonds is 7. The monoisotopic (exact) mass is 514 g/mol. The molecule has 3 rings (SSSR count). The Morgan fingerprint density at radius 3 is 2.53 bits per heavy atom. The number of esters is 1. The largest absolute Gasteiger partial charge is 0.484 e. The van der Waals surface area contributed by atoms with Crippen molar-refractivity contribution in [3.05, 3.63) is 30.3 Å². The molecule has 0 bridgehead atoms. The first-order valence-corrected chi connectivity index (χ1v) is 11.4. The molecule has 12 heteroatoms. The first-order valence-electron chi connectivity index (χ1n) is 8.82. The highest BCUT2D eigenvalue weighted by atomic mass is 35.6. The van der Waals surface area contributed by atoms with Crippen LogP contribution in [0.2, 0.25) is 0 Å². The molecule has 2 amide bonds. The number of ether oxygens (including phenoxy) is 2. The normalized spacial score (nSPS) is 27.8. The number of amides is 2. The number of nitrogens with one attached hydrogen (secondary N) is 1. The average molecular weight is 516 g/mol. The molecule has 7 nitrogen and oxygen atoms in total. The lowest BCUT2D eigenvalue weighted by atomic mass is 9.96. The fourth-order valence-corrected chi connectivity index (χ4v) is 5.34. The minimum atomic E-state index is -1.77. The topological polar surface area (TPSA) is 84.9 Å². The first kappa shape index (κ1) is 23.6. The number of alkyl halides is 4. The molecular formula is C18H18Cl4N2O5S. The van der Waals surface area contributed by atoms with Crippen molar-refractivity contribution in [1.82, 2.24) is 10.2 Å². The maximum absolute atomic E-state index is 12.7. The molecule has 1 aromatic carbocycles. The zero-order valence-corrected chi connectivity index (χ0v) is 19.5. The van der Waals surface area contributed by atoms with Crippen molar-refractivity contribution in [2.75, 3.05) is 19.1 Å². The van der Waals surface area contributed by atoms with E-state index in [0.717, 1.165) is 0 Å². The lowest BCUT2D eigenvalue weighted by Crippen LogP contribution is -2.71. The van der Waals surface area contributed by atoms with Gasteiger partial charge in [0.2, 0.25) is 9.70 Å². The molecule has 3 unspecified atom stereocenters. The van der Waals surface area contributed by atoms with Crippen LogP contribution < -0.4 is 10.1 Å². The van der Waals surface area contributed by atoms with Gasteiger partial charge in [-0.2, -0.15) is 0 Å². The van der Waals surface area contributed by atoms with E-state index in [9.17, 15) is 14.4 Å². The number of hydrogen-bond acceptors (Lipinski definition) is 6. The Kier molecular flexibility index (Phi) is 7.24. The summed E-state index contributed by atoms with van der Waals surface area (Å²) in [6.07, 6.45) is 0. The third-order valence-electron chi connectivity index (χ3n) is 4.62. The summed E-state index contributed by atoms with van der Waals surface area (Å²) in [6.45, 7) is 1.04. The summed E-state index contributed by atoms with van der Waals surface area (Å²) in [4.78, 5) is 38.9. The SMILES string of the molecule is CC1(CCl)S[C@@H]2C(NC(=O)COc3ccccc3)C(=O)N2C1C(=O)OCC(Cl)(Cl)Cl. The molecular weight excluding hydrogens is 498 g/mol. The molecule has 164 valence electrons. The Morgan fingerprint density at radius 2 is 1.93 bits per heavy atom. The molecule has 0 radical (unpaired) electrons. The van der Waals surface area contributed by atoms with Crippen molar-refractivity contribution in [1.29, 1.82) is 0 Å². The number of carbonyl (C=O) groups excluding carboxylic acids is 3. The van der Waals surface area contributed by atoms with E-state index in [2.05, 4.69) is 5.32 Å². The van der Waals surface area contributed by atoms with Crippen LogP contribution in [0.4, 0.5) is 0 Å². The molecule has 2 aliphatic heterocycles. The van der Waals surface area contributed by atoms with Gasteiger partial charge < -0.3 is 19.7 Å². The summed E-state index contributed by atoms with van der Waals surface area (Å²) >= 11 is 24.3. The highest BCUT2D eigenvalue weighted by Gasteiger charge is 2.65. The molecule has 2 fully saturated rings. The van der Waals surface area contributed by atoms with Gasteiger partial charge >= 0.3 is 5.97 Å². The van der Waals surface area contributed by atoms with Gasteiger partial charge in [0.1, 0.15) is 29.8 Å². The Bertz CT molecular complexity index is 825. The van der Waals surface area contributed by atoms with E-state index < -0.39 is 50.4 Å². The van der Waals surface area contributed by atoms with Crippen LogP contribution in [0.25, 0.3) is 0 Å². The summed E-state index contributed by atoms with van der Waals surface area (Å²) in [6, 6.07) is 7.07. The van der Waals surface area contributed by atoms with Gasteiger partial charge in [-0.05, 0) is 19.1 Å². The molecule has 30 heavy (non-hydrogen) atoms. The smallest absolute Gasteiger partial charge is 0.330 e. The zero-order valence-electron chi connectivity index (χ0n) is 15.6. The van der Waals surface area contributed by atoms with E-state index in [1.165, 1.54) is 16.7 Å². The van der Waals surface area contributed by atoms with Crippen LogP contribution >= 0.6 is 58.2 Å². The standard InChI is InChI=1S/C18H18Cl4N2O5S/c1-17(8-19)13(16(27)29-9-18(20,21)22)24-14(26)12(15(24)30-17)23-11(25)7-28-10-5-3-2-4-6-10/h2-6,12-13,15H,7-9H2,1H3,(H,23,25)/t12?,13?,15-,17?/m1/s1. The summed E-state index contributed by atoms with van der Waals surface area (Å²) in [5.41, 5.74) is 0. The number of halogens is 4. The Labute approximate surface area is 197 Å². The van der Waals surface area contributed by atoms with E-state index >= 15 is 0 Å². The molecule has 4 atom stereocenters. The van der Waals surface area contributed by atoms with Crippen molar-refractivity contribution in [3.63, 3.8) is 0 Å². The second kappa shape index (κ2) is 9.20. The first-order chi connectivity index (χ1) is 14.1. The molecule has 1 N–H and O–H groups in total. The van der Waals surface area contributed by atoms with Crippen molar-refractivity contribution >= 4 is 75.9 Å². The van der Waals surface area contributed by atoms with E-state index in [1.54, 1.807) is 31.2 Å². The Balaban J connectivity index is 1.62. The second-order valence-corrected chi connectivity index (χ2v) is 11.4. The predicted molar refractivity (Wildman–Crippen MR) is 116 cm³/mol. The summed E-state index contributed by atoms with van der Waals surface area (Å²) in [7, 11) is 0. The number of hydrogen-bond donors (Lipinski definition) is 1. The highest BCUT2D eigenvalue weighted by Crippen LogP contribution is 2.51. The van der Waals surface area contributed by atoms with E-state index in [4.69, 9.17) is 55.9 Å². The lowest BCUT2D eigenvalue weighted by Gasteiger charge is -2.44. The maximum Gasteiger partial charge on any atom is 0.330 e. The molecule has 2 heterocycles. The zero-order chi connectivity index (χ0) is 22.1. The molecule has 0 saturated carbocycles. The molecule has 0 spiro atoms. The molecule has 2 aliphatic rings. The Morgan fingerprint density at radius 1 is 1.27 bits per heavy atom. The average Bonchev–Trinajstić information content (AvgIpc) is 2.99. The second-order valence-electron chi connectivity index (χ2n) is 6.97. The summed E-state index contributed by atoms with van der Waals surface area (Å²) in [5, 5.41) is 2.19. The number of para-hydroxylation sites is 1. The number of β-lactam (4-membered cyclic amide) rings is 1. The minimum Gasteiger partial charge on any atom is -0.484 e. The van der Waals surface area contributed by atoms with Crippen LogP contribution in [0.3, 0.4) is 0 Å². The van der Waals surface area contributed by atoms with Crippen molar-refractivity contribution in [3.8, 4) is 5.75 Å². The van der Waals surface area contributed by atoms with Gasteiger partial charge in [0, 0.05) is 5.88 Å². The van der Waals surface area contributed by atoms with Crippen LogP contribution in [0, 0.1) is 0 Å². The van der Waals surface area contributed by atoms with Gasteiger partial charge in [-0.1, -0.05) is 53.0 Å². The molecule has 2 saturated heterocycles. The van der Waals surface area contributed by atoms with Gasteiger partial charge in [0.15, 0.2) is 6.61 Å². The molecule has 1 aromatic rings. The molecule has 0 aromatic heterocycles. The van der Waals surface area contributed by atoms with Crippen molar-refractivity contribution in [2.45, 2.75) is 32.9 Å². The predicted octanol–water partition coefficient (Wildman–Crippen LogP) is 2.74. The van der Waals surface area contributed by atoms with Gasteiger partial charge in [0.25, 0.3) is 5.91 Å². The highest BCUT2D eigenvalue weighted by molar-refractivity contribution is 8.01. The van der Waals surface area contributed by atoms with Crippen LogP contribution in [-0.4, -0.2) is 67.8 Å². The number of carbonyl (C=O) groups is 3. The van der Waals surface area contributed by atoms with E-state index in [0.29, 0.717) is 5.75 Å². The van der Waals surface area contributed by atoms with Gasteiger partial charge in [0.05, 0.1) is 4.75 Å². The van der Waals surface area contributed by atoms with Gasteiger partial charge in [-0.3, -0.25) is 9.59 Å². The van der Waals surface area contributed by atoms with Crippen LogP contribution in [-0.2, 0) is 19.1 Å². The number of nitrogens with zero attached hydrogens (tertiary/aromatic N) is 1. The Hall–Kier alpha value is -1.06. The van der Waals surface area contributed by atoms with Crippen molar-refractivity contribution < 1.29 is 23.9 Å². The number of fused-ring (bicyclic) bond motifs is 1. The lowest BCUT2D eigenvalue weighted by molar-refractivity contribution is -0.164. The fourth-order valence-electron chi connectivity index (χ4n) is 3.23. The maximum atomic E-state index is 12.7. The van der Waals surface area contributed by atoms with Crippen LogP contribution in [0.1, 0.15) is 6.92 Å². The van der Waals surface area contributed by atoms with Crippen molar-refractivity contribution in [2.24, 2.45) is 0 Å². The summed E-state index contributed by atoms with van der Waals surface area (Å²) in [5.74, 6) is -0.970. The van der Waals surface area contributed by atoms with Crippen LogP contribution in [0.5, 0.6) is 5.75 Å². The number of thioether (sulfide) groups is 1. The fraction of sp³-hybridized carbons (Fsp3) is 0.500. The quantitative estimate of drug-likeness (QED) is 0.341. The van der Waals surface area contributed by atoms with Gasteiger partial charge in [-0.25, -0.2) is 4.79 Å². The van der Waals surface area contributed by atoms with Crippen LogP contribution in [0.15, 0.2) is 30.3 Å². The third-order valence-corrected chi connectivity index (χ3v) is 7.31. The number of benzene rings is 1. The molecule has 0 aliphatic carbocycles. The van der Waals surface area contributed by atoms with Gasteiger partial charge in [-0.15, -0.1) is 23.4 Å². The minimum absolute atomic E-state index is 0.0727.